The van der Waals surface area contributed by atoms with Gasteiger partial charge in [0.1, 0.15) is 5.69 Å². The molecule has 0 saturated carbocycles. The molecule has 2 rings (SSSR count). The van der Waals surface area contributed by atoms with Crippen LogP contribution in [0.5, 0.6) is 0 Å². The van der Waals surface area contributed by atoms with Crippen LogP contribution in [0.4, 0.5) is 13.2 Å². The van der Waals surface area contributed by atoms with Crippen LogP contribution < -0.4 is 5.46 Å². The monoisotopic (exact) mass is 302 g/mol. The highest BCUT2D eigenvalue weighted by Gasteiger charge is 2.54. The highest BCUT2D eigenvalue weighted by molar-refractivity contribution is 6.63. The third-order valence-electron chi connectivity index (χ3n) is 4.31. The minimum absolute atomic E-state index is 0.139. The molecule has 0 aromatic carbocycles. The SMILES string of the molecule is [2H]c1nc(C(F)(F)F)c(B2OC(C)(C)C(C)(C)O2)c(C)c1C. The minimum atomic E-state index is -4.67. The van der Waals surface area contributed by atoms with Crippen LogP contribution in [-0.4, -0.2) is 23.3 Å². The molecule has 3 nitrogen and oxygen atoms in total. The van der Waals surface area contributed by atoms with E-state index in [1.807, 2.05) is 0 Å². The van der Waals surface area contributed by atoms with Gasteiger partial charge in [0.15, 0.2) is 0 Å². The second-order valence-corrected chi connectivity index (χ2v) is 6.32. The summed E-state index contributed by atoms with van der Waals surface area (Å²) in [5, 5.41) is 0. The fourth-order valence-electron chi connectivity index (χ4n) is 2.13. The van der Waals surface area contributed by atoms with Crippen molar-refractivity contribution in [2.45, 2.75) is 58.9 Å². The van der Waals surface area contributed by atoms with Crippen molar-refractivity contribution < 1.29 is 23.9 Å². The van der Waals surface area contributed by atoms with Gasteiger partial charge in [0.2, 0.25) is 0 Å². The normalized spacial score (nSPS) is 21.6. The molecule has 1 aliphatic rings. The van der Waals surface area contributed by atoms with E-state index < -0.39 is 30.2 Å². The summed E-state index contributed by atoms with van der Waals surface area (Å²) in [6, 6.07) is 0. The van der Waals surface area contributed by atoms with Crippen LogP contribution in [0.3, 0.4) is 0 Å². The van der Waals surface area contributed by atoms with Gasteiger partial charge >= 0.3 is 13.3 Å². The molecule has 0 unspecified atom stereocenters. The van der Waals surface area contributed by atoms with Crippen molar-refractivity contribution in [1.29, 1.82) is 0 Å². The molecule has 21 heavy (non-hydrogen) atoms. The standard InChI is InChI=1S/C14H19BF3NO2/c1-8-7-19-11(14(16,17)18)10(9(8)2)15-20-12(3,4)13(5,6)21-15/h7H,1-6H3/i7D. The molecule has 0 atom stereocenters. The zero-order valence-corrected chi connectivity index (χ0v) is 13.0. The summed E-state index contributed by atoms with van der Waals surface area (Å²) in [7, 11) is -1.16. The van der Waals surface area contributed by atoms with E-state index in [2.05, 4.69) is 4.98 Å². The van der Waals surface area contributed by atoms with Gasteiger partial charge in [-0.1, -0.05) is 0 Å². The molecule has 1 saturated heterocycles. The van der Waals surface area contributed by atoms with Crippen LogP contribution in [0.15, 0.2) is 6.17 Å². The fourth-order valence-corrected chi connectivity index (χ4v) is 2.13. The van der Waals surface area contributed by atoms with Crippen molar-refractivity contribution in [3.8, 4) is 0 Å². The highest BCUT2D eigenvalue weighted by Crippen LogP contribution is 2.38. The van der Waals surface area contributed by atoms with Crippen LogP contribution >= 0.6 is 0 Å². The summed E-state index contributed by atoms with van der Waals surface area (Å²) in [5.74, 6) is 0. The van der Waals surface area contributed by atoms with Gasteiger partial charge in [-0.3, -0.25) is 4.98 Å². The number of aromatic nitrogens is 1. The Morgan fingerprint density at radius 2 is 1.62 bits per heavy atom. The molecule has 1 aromatic rings. The maximum Gasteiger partial charge on any atom is 0.497 e. The van der Waals surface area contributed by atoms with E-state index in [-0.39, 0.29) is 11.6 Å². The van der Waals surface area contributed by atoms with Crippen LogP contribution in [0.25, 0.3) is 0 Å². The molecule has 116 valence electrons. The maximum absolute atomic E-state index is 13.3. The Morgan fingerprint density at radius 1 is 1.14 bits per heavy atom. The molecular formula is C14H19BF3NO2. The van der Waals surface area contributed by atoms with E-state index in [4.69, 9.17) is 10.7 Å². The lowest BCUT2D eigenvalue weighted by Gasteiger charge is -2.32. The van der Waals surface area contributed by atoms with Crippen molar-refractivity contribution in [1.82, 2.24) is 4.98 Å². The minimum Gasteiger partial charge on any atom is -0.399 e. The van der Waals surface area contributed by atoms with Gasteiger partial charge in [0.05, 0.1) is 12.6 Å². The van der Waals surface area contributed by atoms with E-state index in [1.54, 1.807) is 34.6 Å². The Hall–Kier alpha value is -1.08. The van der Waals surface area contributed by atoms with E-state index in [0.717, 1.165) is 0 Å². The first-order valence-electron chi connectivity index (χ1n) is 7.18. The number of pyridine rings is 1. The first-order chi connectivity index (χ1) is 9.78. The van der Waals surface area contributed by atoms with E-state index in [9.17, 15) is 13.2 Å². The Kier molecular flexibility index (Phi) is 3.33. The van der Waals surface area contributed by atoms with Crippen LogP contribution in [0, 0.1) is 13.8 Å². The maximum atomic E-state index is 13.3. The first kappa shape index (κ1) is 14.8. The molecule has 0 aliphatic carbocycles. The van der Waals surface area contributed by atoms with Gasteiger partial charge in [-0.25, -0.2) is 0 Å². The van der Waals surface area contributed by atoms with Gasteiger partial charge in [0, 0.05) is 11.6 Å². The predicted molar refractivity (Wildman–Crippen MR) is 74.4 cm³/mol. The Bertz CT molecular complexity index is 601. The summed E-state index contributed by atoms with van der Waals surface area (Å²) >= 11 is 0. The summed E-state index contributed by atoms with van der Waals surface area (Å²) in [6.45, 7) is 10.2. The van der Waals surface area contributed by atoms with Gasteiger partial charge in [-0.2, -0.15) is 13.2 Å². The summed E-state index contributed by atoms with van der Waals surface area (Å²) in [5.41, 5.74) is -2.04. The third kappa shape index (κ3) is 2.69. The van der Waals surface area contributed by atoms with Crippen molar-refractivity contribution in [2.75, 3.05) is 0 Å². The van der Waals surface area contributed by atoms with Crippen molar-refractivity contribution in [3.05, 3.63) is 23.0 Å². The Labute approximate surface area is 124 Å². The second-order valence-electron chi connectivity index (χ2n) is 6.32. The number of halogens is 3. The van der Waals surface area contributed by atoms with Crippen molar-refractivity contribution >= 4 is 12.6 Å². The molecule has 0 spiro atoms. The van der Waals surface area contributed by atoms with Gasteiger partial charge in [-0.05, 0) is 52.7 Å². The average Bonchev–Trinajstić information content (AvgIpc) is 2.53. The summed E-state index contributed by atoms with van der Waals surface area (Å²) < 4.78 is 59.1. The largest absolute Gasteiger partial charge is 0.497 e. The van der Waals surface area contributed by atoms with Gasteiger partial charge < -0.3 is 9.31 Å². The average molecular weight is 302 g/mol. The number of nitrogens with zero attached hydrogens (tertiary/aromatic N) is 1. The summed E-state index contributed by atoms with van der Waals surface area (Å²) in [4.78, 5) is 3.43. The molecule has 2 heterocycles. The molecule has 0 bridgehead atoms. The molecule has 7 heteroatoms. The number of hydrogen-bond donors (Lipinski definition) is 0. The summed E-state index contributed by atoms with van der Waals surface area (Å²) in [6.07, 6.45) is -5.06. The van der Waals surface area contributed by atoms with E-state index in [1.165, 1.54) is 6.92 Å². The zero-order valence-electron chi connectivity index (χ0n) is 14.0. The van der Waals surface area contributed by atoms with Crippen molar-refractivity contribution in [3.63, 3.8) is 0 Å². The molecule has 1 aliphatic heterocycles. The third-order valence-corrected chi connectivity index (χ3v) is 4.31. The lowest BCUT2D eigenvalue weighted by atomic mass is 9.74. The number of alkyl halides is 3. The Balaban J connectivity index is 2.64. The second kappa shape index (κ2) is 4.71. The van der Waals surface area contributed by atoms with Crippen molar-refractivity contribution in [2.24, 2.45) is 0 Å². The molecule has 1 aromatic heterocycles. The quantitative estimate of drug-likeness (QED) is 0.747. The Morgan fingerprint density at radius 3 is 2.05 bits per heavy atom. The lowest BCUT2D eigenvalue weighted by molar-refractivity contribution is -0.140. The molecular weight excluding hydrogens is 282 g/mol. The lowest BCUT2D eigenvalue weighted by Crippen LogP contribution is -2.42. The molecule has 0 N–H and O–H groups in total. The zero-order chi connectivity index (χ0) is 17.1. The predicted octanol–water partition coefficient (Wildman–Crippen LogP) is 3.02. The highest BCUT2D eigenvalue weighted by atomic mass is 19.4. The van der Waals surface area contributed by atoms with Gasteiger partial charge in [-0.15, -0.1) is 0 Å². The fraction of sp³-hybridized carbons (Fsp3) is 0.643. The molecule has 0 radical (unpaired) electrons. The molecule has 1 fully saturated rings. The van der Waals surface area contributed by atoms with E-state index in [0.29, 0.717) is 11.1 Å². The number of rotatable bonds is 1. The number of hydrogen-bond acceptors (Lipinski definition) is 3. The topological polar surface area (TPSA) is 31.4 Å². The smallest absolute Gasteiger partial charge is 0.399 e. The van der Waals surface area contributed by atoms with Crippen LogP contribution in [0.1, 0.15) is 45.9 Å². The molecule has 0 amide bonds. The first-order valence-corrected chi connectivity index (χ1v) is 6.68. The van der Waals surface area contributed by atoms with Gasteiger partial charge in [0.25, 0.3) is 0 Å². The van der Waals surface area contributed by atoms with Crippen LogP contribution in [-0.2, 0) is 15.5 Å². The van der Waals surface area contributed by atoms with Crippen LogP contribution in [0.2, 0.25) is 0 Å². The van der Waals surface area contributed by atoms with E-state index >= 15 is 0 Å².